The number of sulfonamides is 1. The first-order chi connectivity index (χ1) is 15.8. The molecule has 2 aromatic rings. The molecule has 7 nitrogen and oxygen atoms in total. The van der Waals surface area contributed by atoms with Crippen LogP contribution < -0.4 is 9.62 Å². The van der Waals surface area contributed by atoms with Crippen molar-refractivity contribution < 1.29 is 22.4 Å². The Morgan fingerprint density at radius 3 is 2.24 bits per heavy atom. The summed E-state index contributed by atoms with van der Waals surface area (Å²) in [6.45, 7) is 5.19. The van der Waals surface area contributed by atoms with Gasteiger partial charge in [-0.1, -0.05) is 55.2 Å². The van der Waals surface area contributed by atoms with Crippen LogP contribution in [0.25, 0.3) is 0 Å². The molecular weight excluding hydrogens is 504 g/mol. The lowest BCUT2D eigenvalue weighted by Gasteiger charge is -2.32. The summed E-state index contributed by atoms with van der Waals surface area (Å²) in [5, 5.41) is 2.89. The molecular formula is C23H28Cl2FN3O4S. The highest BCUT2D eigenvalue weighted by atomic mass is 35.5. The average Bonchev–Trinajstić information content (AvgIpc) is 2.76. The molecule has 0 radical (unpaired) electrons. The van der Waals surface area contributed by atoms with E-state index in [0.717, 1.165) is 10.6 Å². The van der Waals surface area contributed by atoms with Gasteiger partial charge in [-0.3, -0.25) is 13.9 Å². The van der Waals surface area contributed by atoms with Crippen molar-refractivity contribution in [2.45, 2.75) is 33.4 Å². The topological polar surface area (TPSA) is 86.8 Å². The molecule has 0 aromatic heterocycles. The molecule has 0 aliphatic rings. The van der Waals surface area contributed by atoms with E-state index in [2.05, 4.69) is 5.32 Å². The zero-order chi connectivity index (χ0) is 25.6. The van der Waals surface area contributed by atoms with Crippen molar-refractivity contribution in [1.82, 2.24) is 10.2 Å². The average molecular weight is 532 g/mol. The van der Waals surface area contributed by atoms with E-state index in [-0.39, 0.29) is 28.2 Å². The molecule has 2 aromatic carbocycles. The van der Waals surface area contributed by atoms with Crippen LogP contribution in [0.5, 0.6) is 0 Å². The number of nitrogens with zero attached hydrogens (tertiary/aromatic N) is 2. The number of carbonyl (C=O) groups is 2. The van der Waals surface area contributed by atoms with Gasteiger partial charge in [0.1, 0.15) is 18.4 Å². The molecule has 186 valence electrons. The molecule has 1 N–H and O–H groups in total. The van der Waals surface area contributed by atoms with Crippen molar-refractivity contribution in [3.05, 3.63) is 63.9 Å². The van der Waals surface area contributed by atoms with E-state index in [1.807, 2.05) is 13.8 Å². The normalized spacial score (nSPS) is 12.4. The van der Waals surface area contributed by atoms with Crippen LogP contribution in [0.1, 0.15) is 26.3 Å². The molecule has 2 rings (SSSR count). The predicted molar refractivity (Wildman–Crippen MR) is 133 cm³/mol. The molecule has 0 saturated heterocycles. The van der Waals surface area contributed by atoms with Gasteiger partial charge in [0.15, 0.2) is 0 Å². The third-order valence-corrected chi connectivity index (χ3v) is 6.93. The van der Waals surface area contributed by atoms with Gasteiger partial charge in [-0.25, -0.2) is 12.8 Å². The number of anilines is 1. The van der Waals surface area contributed by atoms with E-state index in [9.17, 15) is 22.4 Å². The molecule has 0 fully saturated rings. The van der Waals surface area contributed by atoms with Gasteiger partial charge in [0.05, 0.1) is 22.0 Å². The number of amides is 2. The fourth-order valence-corrected chi connectivity index (χ4v) is 4.40. The highest BCUT2D eigenvalue weighted by Gasteiger charge is 2.31. The van der Waals surface area contributed by atoms with E-state index in [4.69, 9.17) is 23.2 Å². The number of nitrogens with one attached hydrogen (secondary N) is 1. The molecule has 0 spiro atoms. The van der Waals surface area contributed by atoms with Crippen LogP contribution in [0.15, 0.2) is 42.5 Å². The summed E-state index contributed by atoms with van der Waals surface area (Å²) >= 11 is 12.3. The largest absolute Gasteiger partial charge is 0.354 e. The number of benzene rings is 2. The van der Waals surface area contributed by atoms with Gasteiger partial charge in [0, 0.05) is 13.1 Å². The Kier molecular flexibility index (Phi) is 9.73. The third kappa shape index (κ3) is 7.58. The number of halogens is 3. The molecule has 0 aliphatic carbocycles. The second-order valence-electron chi connectivity index (χ2n) is 8.31. The Bertz CT molecular complexity index is 1130. The van der Waals surface area contributed by atoms with Gasteiger partial charge in [0.25, 0.3) is 0 Å². The molecule has 2 amide bonds. The summed E-state index contributed by atoms with van der Waals surface area (Å²) in [4.78, 5) is 27.4. The summed E-state index contributed by atoms with van der Waals surface area (Å²) in [6.07, 6.45) is 0.945. The minimum absolute atomic E-state index is 0.0183. The molecule has 0 saturated carbocycles. The number of rotatable bonds is 10. The Hall–Kier alpha value is -2.36. The fraction of sp³-hybridized carbons (Fsp3) is 0.391. The van der Waals surface area contributed by atoms with E-state index < -0.39 is 40.2 Å². The molecule has 11 heteroatoms. The maximum absolute atomic E-state index is 13.4. The maximum Gasteiger partial charge on any atom is 0.244 e. The third-order valence-electron chi connectivity index (χ3n) is 5.00. The van der Waals surface area contributed by atoms with Crippen molar-refractivity contribution in [3.63, 3.8) is 0 Å². The Labute approximate surface area is 209 Å². The zero-order valence-corrected chi connectivity index (χ0v) is 21.7. The molecule has 34 heavy (non-hydrogen) atoms. The zero-order valence-electron chi connectivity index (χ0n) is 19.4. The summed E-state index contributed by atoms with van der Waals surface area (Å²) in [5.41, 5.74) is 0.619. The van der Waals surface area contributed by atoms with E-state index in [0.29, 0.717) is 12.1 Å². The van der Waals surface area contributed by atoms with Gasteiger partial charge in [-0.2, -0.15) is 0 Å². The number of hydrogen-bond acceptors (Lipinski definition) is 4. The van der Waals surface area contributed by atoms with E-state index in [1.54, 1.807) is 6.92 Å². The summed E-state index contributed by atoms with van der Waals surface area (Å²) in [6, 6.07) is 9.01. The second kappa shape index (κ2) is 11.9. The molecule has 0 aliphatic heterocycles. The number of carbonyl (C=O) groups excluding carboxylic acids is 2. The maximum atomic E-state index is 13.4. The summed E-state index contributed by atoms with van der Waals surface area (Å²) in [5.74, 6) is -1.28. The van der Waals surface area contributed by atoms with Gasteiger partial charge >= 0.3 is 0 Å². The van der Waals surface area contributed by atoms with Crippen LogP contribution in [0, 0.1) is 11.7 Å². The van der Waals surface area contributed by atoms with Crippen LogP contribution in [0.2, 0.25) is 10.0 Å². The Morgan fingerprint density at radius 1 is 1.06 bits per heavy atom. The van der Waals surface area contributed by atoms with Crippen molar-refractivity contribution >= 4 is 50.7 Å². The lowest BCUT2D eigenvalue weighted by molar-refractivity contribution is -0.139. The first kappa shape index (κ1) is 27.9. The van der Waals surface area contributed by atoms with Crippen LogP contribution >= 0.6 is 23.2 Å². The minimum Gasteiger partial charge on any atom is -0.354 e. The summed E-state index contributed by atoms with van der Waals surface area (Å²) < 4.78 is 39.3. The highest BCUT2D eigenvalue weighted by Crippen LogP contribution is 2.33. The standard InChI is InChI=1S/C23H28Cl2FN3O4S/c1-15(2)12-27-23(31)16(3)28(13-17-8-10-18(26)11-9-17)21(30)14-29(34(4,32)33)20-7-5-6-19(24)22(20)25/h5-11,15-16H,12-14H2,1-4H3,(H,27,31)/t16-/m1/s1. The molecule has 1 atom stereocenters. The van der Waals surface area contributed by atoms with E-state index in [1.165, 1.54) is 47.4 Å². The van der Waals surface area contributed by atoms with Crippen LogP contribution in [-0.4, -0.2) is 50.5 Å². The van der Waals surface area contributed by atoms with E-state index >= 15 is 0 Å². The quantitative estimate of drug-likeness (QED) is 0.500. The molecule has 0 unspecified atom stereocenters. The minimum atomic E-state index is -3.94. The second-order valence-corrected chi connectivity index (χ2v) is 11.0. The molecule has 0 bridgehead atoms. The Morgan fingerprint density at radius 2 is 1.68 bits per heavy atom. The fourth-order valence-electron chi connectivity index (χ4n) is 3.10. The predicted octanol–water partition coefficient (Wildman–Crippen LogP) is 4.09. The van der Waals surface area contributed by atoms with Crippen molar-refractivity contribution in [3.8, 4) is 0 Å². The highest BCUT2D eigenvalue weighted by molar-refractivity contribution is 7.92. The van der Waals surface area contributed by atoms with Crippen molar-refractivity contribution in [1.29, 1.82) is 0 Å². The van der Waals surface area contributed by atoms with Gasteiger partial charge in [-0.05, 0) is 42.7 Å². The first-order valence-corrected chi connectivity index (χ1v) is 13.1. The first-order valence-electron chi connectivity index (χ1n) is 10.5. The molecule has 0 heterocycles. The Balaban J connectivity index is 2.40. The monoisotopic (exact) mass is 531 g/mol. The van der Waals surface area contributed by atoms with Crippen LogP contribution in [0.3, 0.4) is 0 Å². The van der Waals surface area contributed by atoms with Gasteiger partial charge in [-0.15, -0.1) is 0 Å². The van der Waals surface area contributed by atoms with Gasteiger partial charge < -0.3 is 10.2 Å². The summed E-state index contributed by atoms with van der Waals surface area (Å²) in [7, 11) is -3.94. The smallest absolute Gasteiger partial charge is 0.244 e. The van der Waals surface area contributed by atoms with Crippen molar-refractivity contribution in [2.75, 3.05) is 23.7 Å². The lowest BCUT2D eigenvalue weighted by Crippen LogP contribution is -2.51. The lowest BCUT2D eigenvalue weighted by atomic mass is 10.1. The van der Waals surface area contributed by atoms with Crippen molar-refractivity contribution in [2.24, 2.45) is 5.92 Å². The van der Waals surface area contributed by atoms with Crippen LogP contribution in [-0.2, 0) is 26.2 Å². The SMILES string of the molecule is CC(C)CNC(=O)[C@@H](C)N(Cc1ccc(F)cc1)C(=O)CN(c1cccc(Cl)c1Cl)S(C)(=O)=O. The van der Waals surface area contributed by atoms with Gasteiger partial charge in [0.2, 0.25) is 21.8 Å². The van der Waals surface area contributed by atoms with Crippen LogP contribution in [0.4, 0.5) is 10.1 Å². The number of hydrogen-bond donors (Lipinski definition) is 1.